The molecule has 3 N–H and O–H groups in total. The number of nitrogens with one attached hydrogen (secondary N) is 1. The third-order valence-electron chi connectivity index (χ3n) is 3.04. The van der Waals surface area contributed by atoms with Crippen molar-refractivity contribution in [3.8, 4) is 0 Å². The van der Waals surface area contributed by atoms with Gasteiger partial charge in [0, 0.05) is 6.04 Å². The Morgan fingerprint density at radius 1 is 1.30 bits per heavy atom. The van der Waals surface area contributed by atoms with E-state index in [1.165, 1.54) is 0 Å². The Hall–Kier alpha value is -1.12. The fraction of sp³-hybridized carbons (Fsp3) is 0.500. The molecule has 0 radical (unpaired) electrons. The Kier molecular flexibility index (Phi) is 5.17. The van der Waals surface area contributed by atoms with Crippen molar-refractivity contribution in [3.05, 3.63) is 29.8 Å². The maximum absolute atomic E-state index is 12.6. The van der Waals surface area contributed by atoms with Crippen LogP contribution in [-0.4, -0.2) is 21.0 Å². The Morgan fingerprint density at radius 3 is 2.40 bits per heavy atom. The molecule has 2 unspecified atom stereocenters. The van der Waals surface area contributed by atoms with Gasteiger partial charge in [0.25, 0.3) is 0 Å². The highest BCUT2D eigenvalue weighted by Crippen LogP contribution is 2.30. The third-order valence-corrected chi connectivity index (χ3v) is 4.59. The third kappa shape index (κ3) is 4.19. The van der Waals surface area contributed by atoms with Crippen molar-refractivity contribution in [2.45, 2.75) is 31.0 Å². The van der Waals surface area contributed by atoms with E-state index in [-0.39, 0.29) is 12.5 Å². The molecule has 0 aromatic heterocycles. The first kappa shape index (κ1) is 16.9. The summed E-state index contributed by atoms with van der Waals surface area (Å²) in [5, 5.41) is 0. The zero-order chi connectivity index (χ0) is 15.6. The molecule has 1 aromatic carbocycles. The van der Waals surface area contributed by atoms with Crippen molar-refractivity contribution in [3.63, 3.8) is 0 Å². The molecule has 0 heterocycles. The van der Waals surface area contributed by atoms with Crippen LogP contribution in [0.1, 0.15) is 19.4 Å². The van der Waals surface area contributed by atoms with E-state index >= 15 is 0 Å². The van der Waals surface area contributed by atoms with E-state index < -0.39 is 32.7 Å². The molecule has 114 valence electrons. The van der Waals surface area contributed by atoms with Crippen LogP contribution in [0.15, 0.2) is 29.2 Å². The summed E-state index contributed by atoms with van der Waals surface area (Å²) in [6, 6.07) is 3.15. The molecule has 1 rings (SSSR count). The van der Waals surface area contributed by atoms with Gasteiger partial charge in [-0.3, -0.25) is 0 Å². The number of halogens is 3. The first-order valence-corrected chi connectivity index (χ1v) is 7.46. The highest BCUT2D eigenvalue weighted by Gasteiger charge is 2.32. The predicted molar refractivity (Wildman–Crippen MR) is 69.4 cm³/mol. The summed E-state index contributed by atoms with van der Waals surface area (Å²) in [5.74, 6) is -0.129. The minimum atomic E-state index is -4.58. The van der Waals surface area contributed by atoms with Crippen LogP contribution in [0.5, 0.6) is 0 Å². The van der Waals surface area contributed by atoms with Crippen LogP contribution >= 0.6 is 0 Å². The van der Waals surface area contributed by atoms with Gasteiger partial charge in [0.2, 0.25) is 10.0 Å². The van der Waals surface area contributed by atoms with Crippen molar-refractivity contribution >= 4 is 10.0 Å². The van der Waals surface area contributed by atoms with Gasteiger partial charge in [-0.2, -0.15) is 13.2 Å². The molecule has 0 bridgehead atoms. The molecule has 0 saturated carbocycles. The monoisotopic (exact) mass is 310 g/mol. The van der Waals surface area contributed by atoms with Crippen molar-refractivity contribution in [2.75, 3.05) is 6.54 Å². The van der Waals surface area contributed by atoms with Crippen molar-refractivity contribution in [1.82, 2.24) is 4.72 Å². The largest absolute Gasteiger partial charge is 0.416 e. The molecule has 2 atom stereocenters. The number of benzene rings is 1. The minimum absolute atomic E-state index is 0.129. The van der Waals surface area contributed by atoms with E-state index in [4.69, 9.17) is 5.73 Å². The fourth-order valence-corrected chi connectivity index (χ4v) is 2.87. The molecule has 0 fully saturated rings. The molecule has 0 saturated heterocycles. The molecule has 4 nitrogen and oxygen atoms in total. The number of sulfonamides is 1. The highest BCUT2D eigenvalue weighted by molar-refractivity contribution is 7.89. The first-order valence-electron chi connectivity index (χ1n) is 5.97. The second-order valence-corrected chi connectivity index (χ2v) is 6.36. The Balaban J connectivity index is 3.05. The molecule has 20 heavy (non-hydrogen) atoms. The maximum atomic E-state index is 12.6. The second-order valence-electron chi connectivity index (χ2n) is 4.65. The van der Waals surface area contributed by atoms with Crippen LogP contribution in [-0.2, 0) is 16.2 Å². The van der Waals surface area contributed by atoms with Gasteiger partial charge < -0.3 is 5.73 Å². The van der Waals surface area contributed by atoms with Crippen LogP contribution in [0, 0.1) is 5.92 Å². The number of rotatable bonds is 5. The molecule has 0 aliphatic heterocycles. The lowest BCUT2D eigenvalue weighted by molar-refractivity contribution is -0.137. The van der Waals surface area contributed by atoms with E-state index in [1.54, 1.807) is 13.8 Å². The Morgan fingerprint density at radius 2 is 1.90 bits per heavy atom. The summed E-state index contributed by atoms with van der Waals surface area (Å²) in [5.41, 5.74) is 4.43. The summed E-state index contributed by atoms with van der Waals surface area (Å²) in [6.45, 7) is 3.63. The molecular weight excluding hydrogens is 293 g/mol. The van der Waals surface area contributed by atoms with Crippen LogP contribution in [0.4, 0.5) is 13.2 Å². The van der Waals surface area contributed by atoms with Gasteiger partial charge in [0.05, 0.1) is 10.5 Å². The van der Waals surface area contributed by atoms with Crippen LogP contribution < -0.4 is 10.5 Å². The topological polar surface area (TPSA) is 72.2 Å². The summed E-state index contributed by atoms with van der Waals surface area (Å²) in [7, 11) is -4.00. The summed E-state index contributed by atoms with van der Waals surface area (Å²) < 4.78 is 64.1. The van der Waals surface area contributed by atoms with Gasteiger partial charge in [-0.15, -0.1) is 0 Å². The summed E-state index contributed by atoms with van der Waals surface area (Å²) in [4.78, 5) is -0.414. The number of hydrogen-bond donors (Lipinski definition) is 2. The number of hydrogen-bond acceptors (Lipinski definition) is 3. The second kappa shape index (κ2) is 6.11. The van der Waals surface area contributed by atoms with Gasteiger partial charge >= 0.3 is 6.18 Å². The Labute approximate surface area is 116 Å². The summed E-state index contributed by atoms with van der Waals surface area (Å²) in [6.07, 6.45) is -4.58. The van der Waals surface area contributed by atoms with Gasteiger partial charge in [0.1, 0.15) is 0 Å². The first-order chi connectivity index (χ1) is 9.08. The van der Waals surface area contributed by atoms with E-state index in [9.17, 15) is 21.6 Å². The molecule has 0 amide bonds. The fourth-order valence-electron chi connectivity index (χ4n) is 1.47. The zero-order valence-corrected chi connectivity index (χ0v) is 11.9. The molecule has 8 heteroatoms. The Bertz CT molecular complexity index is 558. The quantitative estimate of drug-likeness (QED) is 0.873. The summed E-state index contributed by atoms with van der Waals surface area (Å²) >= 11 is 0. The minimum Gasteiger partial charge on any atom is -0.330 e. The van der Waals surface area contributed by atoms with Crippen LogP contribution in [0.3, 0.4) is 0 Å². The molecular formula is C12H17F3N2O2S. The highest BCUT2D eigenvalue weighted by atomic mass is 32.2. The SMILES string of the molecule is CC(CN)C(C)NS(=O)(=O)c1cccc(C(F)(F)F)c1. The van der Waals surface area contributed by atoms with Crippen LogP contribution in [0.2, 0.25) is 0 Å². The van der Waals surface area contributed by atoms with E-state index in [0.29, 0.717) is 6.07 Å². The number of alkyl halides is 3. The number of nitrogens with two attached hydrogens (primary N) is 1. The van der Waals surface area contributed by atoms with Gasteiger partial charge in [-0.1, -0.05) is 13.0 Å². The van der Waals surface area contributed by atoms with Crippen molar-refractivity contribution < 1.29 is 21.6 Å². The van der Waals surface area contributed by atoms with E-state index in [0.717, 1.165) is 18.2 Å². The predicted octanol–water partition coefficient (Wildman–Crippen LogP) is 1.97. The molecule has 0 aliphatic rings. The molecule has 0 spiro atoms. The smallest absolute Gasteiger partial charge is 0.330 e. The van der Waals surface area contributed by atoms with Gasteiger partial charge in [0.15, 0.2) is 0 Å². The zero-order valence-electron chi connectivity index (χ0n) is 11.1. The van der Waals surface area contributed by atoms with Crippen molar-refractivity contribution in [1.29, 1.82) is 0 Å². The molecule has 0 aliphatic carbocycles. The van der Waals surface area contributed by atoms with Gasteiger partial charge in [-0.25, -0.2) is 13.1 Å². The standard InChI is InChI=1S/C12H17F3N2O2S/c1-8(7-16)9(2)17-20(18,19)11-5-3-4-10(6-11)12(13,14)15/h3-6,8-9,17H,7,16H2,1-2H3. The average molecular weight is 310 g/mol. The lowest BCUT2D eigenvalue weighted by atomic mass is 10.1. The lowest BCUT2D eigenvalue weighted by Gasteiger charge is -2.20. The van der Waals surface area contributed by atoms with Crippen LogP contribution in [0.25, 0.3) is 0 Å². The molecule has 1 aromatic rings. The maximum Gasteiger partial charge on any atom is 0.416 e. The average Bonchev–Trinajstić information content (AvgIpc) is 2.36. The van der Waals surface area contributed by atoms with Gasteiger partial charge in [-0.05, 0) is 37.6 Å². The van der Waals surface area contributed by atoms with E-state index in [2.05, 4.69) is 4.72 Å². The van der Waals surface area contributed by atoms with Crippen molar-refractivity contribution in [2.24, 2.45) is 11.7 Å². The normalized spacial score (nSPS) is 15.9. The lowest BCUT2D eigenvalue weighted by Crippen LogP contribution is -2.39. The van der Waals surface area contributed by atoms with E-state index in [1.807, 2.05) is 0 Å².